The molecule has 1 aliphatic heterocycles. The number of ether oxygens (including phenoxy) is 3. The van der Waals surface area contributed by atoms with Crippen molar-refractivity contribution in [1.29, 1.82) is 0 Å². The lowest BCUT2D eigenvalue weighted by atomic mass is 9.84. The summed E-state index contributed by atoms with van der Waals surface area (Å²) in [6.45, 7) is 6.75. The number of aromatic nitrogens is 1. The highest BCUT2D eigenvalue weighted by Gasteiger charge is 2.42. The summed E-state index contributed by atoms with van der Waals surface area (Å²) in [6, 6.07) is 16.8. The summed E-state index contributed by atoms with van der Waals surface area (Å²) in [6.07, 6.45) is 2.41. The molecule has 0 amide bonds. The minimum absolute atomic E-state index is 0.0190. The van der Waals surface area contributed by atoms with Crippen LogP contribution in [0.4, 0.5) is 0 Å². The van der Waals surface area contributed by atoms with Gasteiger partial charge in [0.25, 0.3) is 0 Å². The van der Waals surface area contributed by atoms with Gasteiger partial charge in [0, 0.05) is 22.5 Å². The highest BCUT2D eigenvalue weighted by molar-refractivity contribution is 6.31. The van der Waals surface area contributed by atoms with Crippen molar-refractivity contribution in [2.24, 2.45) is 11.8 Å². The molecule has 1 aliphatic rings. The molecule has 3 aromatic rings. The predicted octanol–water partition coefficient (Wildman–Crippen LogP) is 6.08. The van der Waals surface area contributed by atoms with Crippen LogP contribution in [0.25, 0.3) is 10.9 Å². The Hall–Kier alpha value is -2.47. The standard InChI is InChI=1S/C27H30ClNO4/c1-17-18(2)25(33-26(30)21-8-5-4-6-9-21)27(32-19(17)3)31-15-7-10-20-13-14-29-24-16-22(28)11-12-23(20)24/h4-6,8-9,11-14,16-19,25,27H,7,10,15H2,1-3H3/t17-,18+,19-,25-,27?/m0/s1. The normalized spacial score (nSPS) is 25.2. The fraction of sp³-hybridized carbons (Fsp3) is 0.407. The van der Waals surface area contributed by atoms with Crippen molar-refractivity contribution in [1.82, 2.24) is 4.98 Å². The molecule has 0 saturated carbocycles. The summed E-state index contributed by atoms with van der Waals surface area (Å²) in [5.41, 5.74) is 2.62. The van der Waals surface area contributed by atoms with Crippen LogP contribution in [0.2, 0.25) is 5.02 Å². The Morgan fingerprint density at radius 1 is 1.06 bits per heavy atom. The van der Waals surface area contributed by atoms with Gasteiger partial charge in [-0.15, -0.1) is 0 Å². The van der Waals surface area contributed by atoms with Crippen molar-refractivity contribution < 1.29 is 19.0 Å². The van der Waals surface area contributed by atoms with E-state index in [0.717, 1.165) is 23.7 Å². The summed E-state index contributed by atoms with van der Waals surface area (Å²) < 4.78 is 18.2. The van der Waals surface area contributed by atoms with Crippen LogP contribution < -0.4 is 0 Å². The number of rotatable bonds is 7. The number of aryl methyl sites for hydroxylation is 1. The summed E-state index contributed by atoms with van der Waals surface area (Å²) >= 11 is 6.10. The second-order valence-electron chi connectivity index (χ2n) is 8.77. The molecular formula is C27H30ClNO4. The minimum atomic E-state index is -0.591. The topological polar surface area (TPSA) is 57.6 Å². The van der Waals surface area contributed by atoms with Crippen LogP contribution in [-0.4, -0.2) is 36.1 Å². The fourth-order valence-corrected chi connectivity index (χ4v) is 4.48. The summed E-state index contributed by atoms with van der Waals surface area (Å²) in [4.78, 5) is 17.1. The van der Waals surface area contributed by atoms with Crippen LogP contribution in [0.3, 0.4) is 0 Å². The van der Waals surface area contributed by atoms with Gasteiger partial charge in [-0.3, -0.25) is 4.98 Å². The summed E-state index contributed by atoms with van der Waals surface area (Å²) in [5, 5.41) is 1.78. The number of nitrogens with zero attached hydrogens (tertiary/aromatic N) is 1. The van der Waals surface area contributed by atoms with E-state index in [0.29, 0.717) is 17.2 Å². The van der Waals surface area contributed by atoms with E-state index in [2.05, 4.69) is 18.8 Å². The molecule has 5 atom stereocenters. The molecule has 0 spiro atoms. The molecule has 1 fully saturated rings. The Balaban J connectivity index is 1.39. The van der Waals surface area contributed by atoms with Gasteiger partial charge in [-0.05, 0) is 61.6 Å². The Kier molecular flexibility index (Phi) is 7.63. The first-order valence-corrected chi connectivity index (χ1v) is 11.9. The third-order valence-electron chi connectivity index (χ3n) is 6.63. The number of hydrogen-bond donors (Lipinski definition) is 0. The van der Waals surface area contributed by atoms with Crippen molar-refractivity contribution in [2.45, 2.75) is 52.1 Å². The average Bonchev–Trinajstić information content (AvgIpc) is 2.82. The zero-order valence-electron chi connectivity index (χ0n) is 19.2. The van der Waals surface area contributed by atoms with Crippen LogP contribution in [0.1, 0.15) is 43.1 Å². The maximum absolute atomic E-state index is 12.7. The molecule has 6 heteroatoms. The first-order valence-electron chi connectivity index (χ1n) is 11.5. The lowest BCUT2D eigenvalue weighted by molar-refractivity contribution is -0.265. The Morgan fingerprint density at radius 3 is 2.64 bits per heavy atom. The van der Waals surface area contributed by atoms with Gasteiger partial charge >= 0.3 is 5.97 Å². The number of benzene rings is 2. The highest BCUT2D eigenvalue weighted by atomic mass is 35.5. The Morgan fingerprint density at radius 2 is 1.85 bits per heavy atom. The zero-order valence-corrected chi connectivity index (χ0v) is 20.0. The third kappa shape index (κ3) is 5.55. The quantitative estimate of drug-likeness (QED) is 0.311. The zero-order chi connectivity index (χ0) is 23.4. The van der Waals surface area contributed by atoms with Gasteiger partial charge in [0.2, 0.25) is 0 Å². The lowest BCUT2D eigenvalue weighted by Crippen LogP contribution is -2.51. The number of carbonyl (C=O) groups excluding carboxylic acids is 1. The van der Waals surface area contributed by atoms with Crippen molar-refractivity contribution in [3.05, 3.63) is 76.9 Å². The number of halogens is 1. The van der Waals surface area contributed by atoms with E-state index in [4.69, 9.17) is 25.8 Å². The monoisotopic (exact) mass is 467 g/mol. The van der Waals surface area contributed by atoms with Gasteiger partial charge in [-0.1, -0.05) is 49.7 Å². The van der Waals surface area contributed by atoms with E-state index in [1.165, 1.54) is 5.56 Å². The van der Waals surface area contributed by atoms with E-state index in [9.17, 15) is 4.79 Å². The average molecular weight is 468 g/mol. The van der Waals surface area contributed by atoms with Gasteiger partial charge in [-0.25, -0.2) is 4.79 Å². The highest BCUT2D eigenvalue weighted by Crippen LogP contribution is 2.33. The number of carbonyl (C=O) groups is 1. The molecule has 0 N–H and O–H groups in total. The molecule has 33 heavy (non-hydrogen) atoms. The van der Waals surface area contributed by atoms with E-state index < -0.39 is 12.4 Å². The first kappa shape index (κ1) is 23.7. The van der Waals surface area contributed by atoms with Crippen molar-refractivity contribution in [3.8, 4) is 0 Å². The van der Waals surface area contributed by atoms with Gasteiger partial charge < -0.3 is 14.2 Å². The fourth-order valence-electron chi connectivity index (χ4n) is 4.31. The van der Waals surface area contributed by atoms with Crippen LogP contribution in [0.5, 0.6) is 0 Å². The molecule has 2 aromatic carbocycles. The first-order chi connectivity index (χ1) is 15.9. The van der Waals surface area contributed by atoms with Gasteiger partial charge in [-0.2, -0.15) is 0 Å². The molecule has 1 saturated heterocycles. The Labute approximate surface area is 200 Å². The molecule has 1 unspecified atom stereocenters. The number of hydrogen-bond acceptors (Lipinski definition) is 5. The van der Waals surface area contributed by atoms with Crippen LogP contribution in [-0.2, 0) is 20.6 Å². The number of fused-ring (bicyclic) bond motifs is 1. The van der Waals surface area contributed by atoms with Crippen LogP contribution >= 0.6 is 11.6 Å². The molecule has 2 heterocycles. The van der Waals surface area contributed by atoms with Gasteiger partial charge in [0.15, 0.2) is 12.4 Å². The van der Waals surface area contributed by atoms with Crippen molar-refractivity contribution >= 4 is 28.5 Å². The van der Waals surface area contributed by atoms with E-state index in [1.807, 2.05) is 55.6 Å². The van der Waals surface area contributed by atoms with E-state index in [-0.39, 0.29) is 23.9 Å². The molecule has 0 radical (unpaired) electrons. The largest absolute Gasteiger partial charge is 0.453 e. The molecular weight excluding hydrogens is 438 g/mol. The Bertz CT molecular complexity index is 1090. The molecule has 4 rings (SSSR count). The van der Waals surface area contributed by atoms with Crippen molar-refractivity contribution in [2.75, 3.05) is 6.61 Å². The molecule has 0 aliphatic carbocycles. The van der Waals surface area contributed by atoms with Crippen LogP contribution in [0, 0.1) is 11.8 Å². The van der Waals surface area contributed by atoms with E-state index in [1.54, 1.807) is 12.1 Å². The maximum Gasteiger partial charge on any atom is 0.338 e. The summed E-state index contributed by atoms with van der Waals surface area (Å²) in [7, 11) is 0. The van der Waals surface area contributed by atoms with Gasteiger partial charge in [0.1, 0.15) is 0 Å². The smallest absolute Gasteiger partial charge is 0.338 e. The molecule has 1 aromatic heterocycles. The predicted molar refractivity (Wildman–Crippen MR) is 129 cm³/mol. The SMILES string of the molecule is C[C@@H]1[C@H](C)[C@H](C)OC(OCCCc2ccnc3cc(Cl)ccc23)[C@H]1OC(=O)c1ccccc1. The number of esters is 1. The maximum atomic E-state index is 12.7. The molecule has 174 valence electrons. The lowest BCUT2D eigenvalue weighted by Gasteiger charge is -2.42. The minimum Gasteiger partial charge on any atom is -0.453 e. The van der Waals surface area contributed by atoms with E-state index >= 15 is 0 Å². The second-order valence-corrected chi connectivity index (χ2v) is 9.21. The third-order valence-corrected chi connectivity index (χ3v) is 6.86. The second kappa shape index (κ2) is 10.6. The number of pyridine rings is 1. The van der Waals surface area contributed by atoms with Gasteiger partial charge in [0.05, 0.1) is 23.8 Å². The molecule has 0 bridgehead atoms. The summed E-state index contributed by atoms with van der Waals surface area (Å²) in [5.74, 6) is 0.00190. The van der Waals surface area contributed by atoms with Crippen molar-refractivity contribution in [3.63, 3.8) is 0 Å². The molecule has 5 nitrogen and oxygen atoms in total. The van der Waals surface area contributed by atoms with Crippen LogP contribution in [0.15, 0.2) is 60.8 Å².